The summed E-state index contributed by atoms with van der Waals surface area (Å²) < 4.78 is 40.9. The Hall–Kier alpha value is -3.47. The first-order valence-corrected chi connectivity index (χ1v) is 13.5. The summed E-state index contributed by atoms with van der Waals surface area (Å²) in [5.41, 5.74) is 6.00. The normalized spacial score (nSPS) is 13.3. The van der Waals surface area contributed by atoms with Crippen LogP contribution in [0.15, 0.2) is 29.3 Å². The highest BCUT2D eigenvalue weighted by atomic mass is 19.4. The Morgan fingerprint density at radius 3 is 2.26 bits per heavy atom. The Balaban J connectivity index is 0.000000412. The third-order valence-electron chi connectivity index (χ3n) is 6.27. The van der Waals surface area contributed by atoms with Crippen LogP contribution in [0.2, 0.25) is 0 Å². The second-order valence-electron chi connectivity index (χ2n) is 8.71. The standard InChI is InChI=1S/C18H15F3N6O.C6H13N.2C2H6/c1-8-6-23-17-24-10(7-27(17)9(8)2)3-15-25-14-5-13(22)12(18(19,20)21)4-11(14)16(28)26-15;1-2-7-5-3-4-6-7;2*1-2/h4-7H,3,22H2,1-2H3,(H,25,26,28);2-6H2,1H3;2*1-2H3. The number of imidazole rings is 1. The summed E-state index contributed by atoms with van der Waals surface area (Å²) in [6.07, 6.45) is 1.90. The van der Waals surface area contributed by atoms with Crippen LogP contribution in [0.5, 0.6) is 0 Å². The van der Waals surface area contributed by atoms with E-state index in [2.05, 4.69) is 31.8 Å². The van der Waals surface area contributed by atoms with Gasteiger partial charge in [0.25, 0.3) is 5.56 Å². The van der Waals surface area contributed by atoms with E-state index in [0.29, 0.717) is 11.5 Å². The number of nitrogens with two attached hydrogens (primary N) is 1. The summed E-state index contributed by atoms with van der Waals surface area (Å²) in [6, 6.07) is 1.79. The molecule has 0 spiro atoms. The molecule has 0 atom stereocenters. The minimum absolute atomic E-state index is 0.0955. The fraction of sp³-hybridized carbons (Fsp3) is 0.500. The third-order valence-corrected chi connectivity index (χ3v) is 6.27. The lowest BCUT2D eigenvalue weighted by molar-refractivity contribution is -0.136. The van der Waals surface area contributed by atoms with E-state index in [4.69, 9.17) is 5.73 Å². The zero-order valence-corrected chi connectivity index (χ0v) is 23.9. The number of anilines is 1. The van der Waals surface area contributed by atoms with Crippen LogP contribution in [0.4, 0.5) is 18.9 Å². The fourth-order valence-corrected chi connectivity index (χ4v) is 4.13. The van der Waals surface area contributed by atoms with Crippen LogP contribution >= 0.6 is 0 Å². The smallest absolute Gasteiger partial charge is 0.398 e. The molecule has 0 aliphatic carbocycles. The van der Waals surface area contributed by atoms with Gasteiger partial charge in [-0.3, -0.25) is 9.20 Å². The summed E-state index contributed by atoms with van der Waals surface area (Å²) >= 11 is 0. The first-order chi connectivity index (χ1) is 18.6. The van der Waals surface area contributed by atoms with Gasteiger partial charge in [0.2, 0.25) is 5.78 Å². The number of nitrogens with one attached hydrogen (secondary N) is 1. The lowest BCUT2D eigenvalue weighted by atomic mass is 10.1. The third kappa shape index (κ3) is 7.78. The number of nitrogens with zero attached hydrogens (tertiary/aromatic N) is 5. The summed E-state index contributed by atoms with van der Waals surface area (Å²) in [5, 5.41) is -0.173. The van der Waals surface area contributed by atoms with Crippen molar-refractivity contribution in [3.63, 3.8) is 0 Å². The predicted octanol–water partition coefficient (Wildman–Crippen LogP) is 5.93. The number of nitrogen functional groups attached to an aromatic ring is 1. The number of halogens is 3. The Morgan fingerprint density at radius 1 is 1.05 bits per heavy atom. The van der Waals surface area contributed by atoms with Gasteiger partial charge in [0, 0.05) is 30.2 Å². The van der Waals surface area contributed by atoms with Gasteiger partial charge in [-0.2, -0.15) is 13.2 Å². The molecule has 0 saturated carbocycles. The molecule has 4 aromatic rings. The molecule has 4 heterocycles. The topological polar surface area (TPSA) is 105 Å². The number of likely N-dealkylation sites (tertiary alicyclic amines) is 1. The van der Waals surface area contributed by atoms with E-state index in [1.54, 1.807) is 12.4 Å². The second-order valence-corrected chi connectivity index (χ2v) is 8.71. The Labute approximate surface area is 227 Å². The average Bonchev–Trinajstić information content (AvgIpc) is 3.58. The number of aromatic nitrogens is 5. The van der Waals surface area contributed by atoms with Crippen molar-refractivity contribution in [1.29, 1.82) is 0 Å². The van der Waals surface area contributed by atoms with Crippen molar-refractivity contribution in [3.05, 3.63) is 63.2 Å². The molecule has 3 aromatic heterocycles. The van der Waals surface area contributed by atoms with Gasteiger partial charge in [0.1, 0.15) is 5.82 Å². The Kier molecular flexibility index (Phi) is 11.5. The van der Waals surface area contributed by atoms with Gasteiger partial charge in [0.05, 0.1) is 22.2 Å². The van der Waals surface area contributed by atoms with Gasteiger partial charge in [0.15, 0.2) is 0 Å². The molecular weight excluding hydrogens is 507 g/mol. The lowest BCUT2D eigenvalue weighted by Crippen LogP contribution is -2.17. The van der Waals surface area contributed by atoms with Crippen LogP contribution in [0, 0.1) is 13.8 Å². The Morgan fingerprint density at radius 2 is 1.69 bits per heavy atom. The maximum Gasteiger partial charge on any atom is 0.418 e. The number of hydrogen-bond donors (Lipinski definition) is 2. The number of fused-ring (bicyclic) bond motifs is 2. The lowest BCUT2D eigenvalue weighted by Gasteiger charge is -2.11. The highest BCUT2D eigenvalue weighted by Gasteiger charge is 2.33. The van der Waals surface area contributed by atoms with Crippen molar-refractivity contribution < 1.29 is 13.2 Å². The van der Waals surface area contributed by atoms with Crippen LogP contribution in [0.3, 0.4) is 0 Å². The molecule has 5 rings (SSSR count). The second kappa shape index (κ2) is 14.1. The van der Waals surface area contributed by atoms with Gasteiger partial charge >= 0.3 is 6.18 Å². The zero-order chi connectivity index (χ0) is 29.3. The summed E-state index contributed by atoms with van der Waals surface area (Å²) in [4.78, 5) is 30.2. The van der Waals surface area contributed by atoms with Gasteiger partial charge < -0.3 is 15.6 Å². The van der Waals surface area contributed by atoms with Crippen molar-refractivity contribution in [2.75, 3.05) is 25.4 Å². The molecule has 0 radical (unpaired) electrons. The van der Waals surface area contributed by atoms with Crippen LogP contribution in [0.1, 0.15) is 75.8 Å². The molecule has 1 aliphatic rings. The number of benzene rings is 1. The van der Waals surface area contributed by atoms with Crippen LogP contribution < -0.4 is 11.3 Å². The minimum Gasteiger partial charge on any atom is -0.398 e. The van der Waals surface area contributed by atoms with E-state index in [1.807, 2.05) is 45.9 Å². The van der Waals surface area contributed by atoms with E-state index >= 15 is 0 Å². The SMILES string of the molecule is CC.CC.CCN1CCCC1.Cc1cnc2nc(Cc3nc4cc(N)c(C(F)(F)F)cc4c(=O)[nH]3)cn2c1C. The number of aryl methyl sites for hydroxylation is 2. The molecule has 11 heteroatoms. The van der Waals surface area contributed by atoms with Crippen molar-refractivity contribution in [2.24, 2.45) is 0 Å². The van der Waals surface area contributed by atoms with Crippen LogP contribution in [-0.4, -0.2) is 48.9 Å². The highest BCUT2D eigenvalue weighted by molar-refractivity contribution is 5.83. The van der Waals surface area contributed by atoms with E-state index in [1.165, 1.54) is 32.5 Å². The van der Waals surface area contributed by atoms with E-state index in [9.17, 15) is 18.0 Å². The summed E-state index contributed by atoms with van der Waals surface area (Å²) in [5.74, 6) is 0.787. The highest BCUT2D eigenvalue weighted by Crippen LogP contribution is 2.35. The molecule has 0 amide bonds. The molecule has 1 aromatic carbocycles. The van der Waals surface area contributed by atoms with Crippen molar-refractivity contribution >= 4 is 22.4 Å². The molecule has 214 valence electrons. The minimum atomic E-state index is -4.65. The quantitative estimate of drug-likeness (QED) is 0.308. The Bertz CT molecular complexity index is 1420. The molecule has 1 aliphatic heterocycles. The predicted molar refractivity (Wildman–Crippen MR) is 151 cm³/mol. The molecule has 39 heavy (non-hydrogen) atoms. The fourth-order valence-electron chi connectivity index (χ4n) is 4.13. The van der Waals surface area contributed by atoms with E-state index in [0.717, 1.165) is 23.4 Å². The number of H-pyrrole nitrogens is 1. The van der Waals surface area contributed by atoms with Crippen LogP contribution in [0.25, 0.3) is 16.7 Å². The van der Waals surface area contributed by atoms with Crippen molar-refractivity contribution in [2.45, 2.75) is 73.9 Å². The molecule has 8 nitrogen and oxygen atoms in total. The number of alkyl halides is 3. The maximum atomic E-state index is 13.0. The number of aromatic amines is 1. The molecule has 0 unspecified atom stereocenters. The summed E-state index contributed by atoms with van der Waals surface area (Å²) in [6.45, 7) is 18.0. The van der Waals surface area contributed by atoms with E-state index < -0.39 is 23.0 Å². The van der Waals surface area contributed by atoms with Crippen molar-refractivity contribution in [3.8, 4) is 0 Å². The zero-order valence-electron chi connectivity index (χ0n) is 23.9. The molecule has 0 bridgehead atoms. The largest absolute Gasteiger partial charge is 0.418 e. The molecule has 1 saturated heterocycles. The van der Waals surface area contributed by atoms with Gasteiger partial charge in [-0.1, -0.05) is 34.6 Å². The summed E-state index contributed by atoms with van der Waals surface area (Å²) in [7, 11) is 0. The van der Waals surface area contributed by atoms with E-state index in [-0.39, 0.29) is 23.1 Å². The first-order valence-electron chi connectivity index (χ1n) is 13.5. The molecular formula is C28H40F3N7O. The monoisotopic (exact) mass is 547 g/mol. The molecule has 3 N–H and O–H groups in total. The van der Waals surface area contributed by atoms with Crippen LogP contribution in [-0.2, 0) is 12.6 Å². The average molecular weight is 548 g/mol. The maximum absolute atomic E-state index is 13.0. The van der Waals surface area contributed by atoms with Crippen molar-refractivity contribution in [1.82, 2.24) is 29.2 Å². The number of rotatable bonds is 3. The van der Waals surface area contributed by atoms with Gasteiger partial charge in [-0.15, -0.1) is 0 Å². The molecule has 1 fully saturated rings. The first kappa shape index (κ1) is 31.7. The number of hydrogen-bond acceptors (Lipinski definition) is 6. The van der Waals surface area contributed by atoms with Gasteiger partial charge in [-0.05, 0) is 64.0 Å². The van der Waals surface area contributed by atoms with Gasteiger partial charge in [-0.25, -0.2) is 15.0 Å².